The SMILES string of the molecule is C[C@H](CO)N1C[C@H](C)[C@@H](CN(C)S(=O)(=O)c2ccc(Cl)cc2)Oc2ccc(NC(=O)CCCCCC(=O)Nc3ccccc3N)cc2C1=O. The number of halogens is 1. The number of nitrogens with zero attached hydrogens (tertiary/aromatic N) is 2. The molecule has 1 aliphatic rings. The molecule has 3 aromatic carbocycles. The number of nitrogens with one attached hydrogen (secondary N) is 2. The zero-order valence-corrected chi connectivity index (χ0v) is 29.5. The molecule has 0 saturated heterocycles. The van der Waals surface area contributed by atoms with E-state index in [2.05, 4.69) is 10.6 Å². The van der Waals surface area contributed by atoms with Crippen LogP contribution in [-0.4, -0.2) is 79.3 Å². The summed E-state index contributed by atoms with van der Waals surface area (Å²) in [7, 11) is -2.41. The van der Waals surface area contributed by atoms with Crippen molar-refractivity contribution in [2.75, 3.05) is 43.1 Å². The number of rotatable bonds is 14. The number of nitrogen functional groups attached to an aromatic ring is 1. The van der Waals surface area contributed by atoms with Gasteiger partial charge in [-0.25, -0.2) is 8.42 Å². The third-order valence-corrected chi connectivity index (χ3v) is 10.5. The molecule has 0 saturated carbocycles. The molecule has 3 amide bonds. The Labute approximate surface area is 292 Å². The summed E-state index contributed by atoms with van der Waals surface area (Å²) in [6.07, 6.45) is 1.69. The summed E-state index contributed by atoms with van der Waals surface area (Å²) in [5.74, 6) is -0.846. The van der Waals surface area contributed by atoms with Crippen molar-refractivity contribution in [1.82, 2.24) is 9.21 Å². The van der Waals surface area contributed by atoms with Crippen molar-refractivity contribution in [3.8, 4) is 5.75 Å². The molecule has 0 unspecified atom stereocenters. The zero-order valence-electron chi connectivity index (χ0n) is 27.9. The number of carbonyl (C=O) groups excluding carboxylic acids is 3. The number of anilines is 3. The second-order valence-electron chi connectivity index (χ2n) is 12.3. The molecule has 0 fully saturated rings. The Hall–Kier alpha value is -4.17. The molecular formula is C35H44ClN5O7S. The van der Waals surface area contributed by atoms with E-state index in [0.29, 0.717) is 47.8 Å². The van der Waals surface area contributed by atoms with E-state index in [1.54, 1.807) is 48.2 Å². The van der Waals surface area contributed by atoms with E-state index in [1.165, 1.54) is 41.7 Å². The summed E-state index contributed by atoms with van der Waals surface area (Å²) < 4.78 is 34.2. The molecule has 0 bridgehead atoms. The first kappa shape index (κ1) is 37.6. The molecule has 3 aromatic rings. The van der Waals surface area contributed by atoms with Crippen LogP contribution in [0.5, 0.6) is 5.75 Å². The summed E-state index contributed by atoms with van der Waals surface area (Å²) in [6.45, 7) is 3.51. The van der Waals surface area contributed by atoms with E-state index < -0.39 is 22.2 Å². The minimum atomic E-state index is -3.87. The molecule has 0 aliphatic carbocycles. The lowest BCUT2D eigenvalue weighted by Crippen LogP contribution is -2.50. The number of hydrogen-bond acceptors (Lipinski definition) is 8. The van der Waals surface area contributed by atoms with Gasteiger partial charge in [0.2, 0.25) is 21.8 Å². The number of unbranched alkanes of at least 4 members (excludes halogenated alkanes) is 2. The van der Waals surface area contributed by atoms with Gasteiger partial charge in [-0.15, -0.1) is 0 Å². The van der Waals surface area contributed by atoms with Crippen molar-refractivity contribution in [3.63, 3.8) is 0 Å². The standard InChI is InChI=1S/C35H44ClN5O7S/c1-23-20-41(24(2)22-42)35(45)28-19-26(38-33(43)11-5-4-6-12-34(44)39-30-10-8-7-9-29(30)37)15-18-31(28)48-32(23)21-40(3)49(46,47)27-16-13-25(36)14-17-27/h7-10,13-19,23-24,32,42H,4-6,11-12,20-22,37H2,1-3H3,(H,38,43)(H,39,44)/t23-,24+,32+/m0/s1. The Kier molecular flexibility index (Phi) is 13.0. The molecule has 14 heteroatoms. The summed E-state index contributed by atoms with van der Waals surface area (Å²) in [4.78, 5) is 40.4. The van der Waals surface area contributed by atoms with Crippen molar-refractivity contribution in [3.05, 3.63) is 77.3 Å². The van der Waals surface area contributed by atoms with Gasteiger partial charge in [-0.2, -0.15) is 4.31 Å². The number of ether oxygens (including phenoxy) is 1. The van der Waals surface area contributed by atoms with Gasteiger partial charge in [0.25, 0.3) is 5.91 Å². The van der Waals surface area contributed by atoms with E-state index >= 15 is 0 Å². The maximum absolute atomic E-state index is 13.8. The fourth-order valence-electron chi connectivity index (χ4n) is 5.45. The van der Waals surface area contributed by atoms with Gasteiger partial charge in [0.1, 0.15) is 11.9 Å². The van der Waals surface area contributed by atoms with Gasteiger partial charge >= 0.3 is 0 Å². The normalized spacial score (nSPS) is 17.0. The largest absolute Gasteiger partial charge is 0.488 e. The molecule has 4 rings (SSSR count). The first-order chi connectivity index (χ1) is 23.3. The van der Waals surface area contributed by atoms with Crippen LogP contribution >= 0.6 is 11.6 Å². The Morgan fingerprint density at radius 1 is 1.04 bits per heavy atom. The van der Waals surface area contributed by atoms with Crippen LogP contribution in [0.1, 0.15) is 56.3 Å². The van der Waals surface area contributed by atoms with Crippen molar-refractivity contribution >= 4 is 56.4 Å². The molecule has 12 nitrogen and oxygen atoms in total. The van der Waals surface area contributed by atoms with Crippen molar-refractivity contribution in [2.45, 2.75) is 63.0 Å². The summed E-state index contributed by atoms with van der Waals surface area (Å²) >= 11 is 5.95. The quantitative estimate of drug-likeness (QED) is 0.134. The average Bonchev–Trinajstić information content (AvgIpc) is 3.07. The van der Waals surface area contributed by atoms with E-state index in [1.807, 2.05) is 6.92 Å². The van der Waals surface area contributed by atoms with E-state index in [4.69, 9.17) is 22.1 Å². The summed E-state index contributed by atoms with van der Waals surface area (Å²) in [6, 6.07) is 17.1. The van der Waals surface area contributed by atoms with Crippen LogP contribution in [0.25, 0.3) is 0 Å². The second-order valence-corrected chi connectivity index (χ2v) is 14.8. The van der Waals surface area contributed by atoms with Gasteiger partial charge in [0, 0.05) is 43.1 Å². The van der Waals surface area contributed by atoms with Crippen LogP contribution in [-0.2, 0) is 19.6 Å². The van der Waals surface area contributed by atoms with Crippen molar-refractivity contribution in [1.29, 1.82) is 0 Å². The number of likely N-dealkylation sites (N-methyl/N-ethyl adjacent to an activating group) is 1. The molecule has 264 valence electrons. The number of aliphatic hydroxyl groups excluding tert-OH is 1. The lowest BCUT2D eigenvalue weighted by atomic mass is 9.99. The lowest BCUT2D eigenvalue weighted by Gasteiger charge is -2.38. The average molecular weight is 714 g/mol. The van der Waals surface area contributed by atoms with Crippen LogP contribution in [0, 0.1) is 5.92 Å². The number of amides is 3. The third kappa shape index (κ3) is 9.94. The highest BCUT2D eigenvalue weighted by Gasteiger charge is 2.35. The smallest absolute Gasteiger partial charge is 0.258 e. The van der Waals surface area contributed by atoms with Crippen molar-refractivity contribution < 1.29 is 32.6 Å². The zero-order chi connectivity index (χ0) is 35.7. The van der Waals surface area contributed by atoms with Crippen molar-refractivity contribution in [2.24, 2.45) is 5.92 Å². The van der Waals surface area contributed by atoms with Crippen LogP contribution in [0.3, 0.4) is 0 Å². The summed E-state index contributed by atoms with van der Waals surface area (Å²) in [5.41, 5.74) is 7.51. The molecule has 3 atom stereocenters. The molecule has 5 N–H and O–H groups in total. The Morgan fingerprint density at radius 3 is 2.35 bits per heavy atom. The molecule has 49 heavy (non-hydrogen) atoms. The molecule has 1 heterocycles. The summed E-state index contributed by atoms with van der Waals surface area (Å²) in [5, 5.41) is 16.0. The maximum atomic E-state index is 13.8. The highest BCUT2D eigenvalue weighted by molar-refractivity contribution is 7.89. The van der Waals surface area contributed by atoms with Gasteiger partial charge in [-0.1, -0.05) is 37.1 Å². The van der Waals surface area contributed by atoms with Gasteiger partial charge in [-0.3, -0.25) is 14.4 Å². The van der Waals surface area contributed by atoms with Crippen LogP contribution in [0.4, 0.5) is 17.1 Å². The minimum Gasteiger partial charge on any atom is -0.488 e. The first-order valence-corrected chi connectivity index (χ1v) is 18.0. The van der Waals surface area contributed by atoms with E-state index in [0.717, 1.165) is 0 Å². The van der Waals surface area contributed by atoms with Gasteiger partial charge in [0.05, 0.1) is 41.0 Å². The monoisotopic (exact) mass is 713 g/mol. The number of para-hydroxylation sites is 2. The third-order valence-electron chi connectivity index (χ3n) is 8.45. The Morgan fingerprint density at radius 2 is 1.69 bits per heavy atom. The van der Waals surface area contributed by atoms with E-state index in [-0.39, 0.29) is 66.0 Å². The minimum absolute atomic E-state index is 0.0123. The predicted octanol–water partition coefficient (Wildman–Crippen LogP) is 4.99. The number of benzene rings is 3. The van der Waals surface area contributed by atoms with Gasteiger partial charge < -0.3 is 31.1 Å². The molecule has 0 radical (unpaired) electrons. The topological polar surface area (TPSA) is 171 Å². The van der Waals surface area contributed by atoms with Crippen LogP contribution < -0.4 is 21.1 Å². The fourth-order valence-corrected chi connectivity index (χ4v) is 6.76. The Bertz CT molecular complexity index is 1740. The maximum Gasteiger partial charge on any atom is 0.258 e. The number of fused-ring (bicyclic) bond motifs is 1. The lowest BCUT2D eigenvalue weighted by molar-refractivity contribution is -0.116. The molecule has 0 aromatic heterocycles. The fraction of sp³-hybridized carbons (Fsp3) is 0.400. The highest BCUT2D eigenvalue weighted by atomic mass is 35.5. The number of hydrogen-bond donors (Lipinski definition) is 4. The van der Waals surface area contributed by atoms with Crippen LogP contribution in [0.2, 0.25) is 5.02 Å². The van der Waals surface area contributed by atoms with Crippen LogP contribution in [0.15, 0.2) is 71.6 Å². The Balaban J connectivity index is 1.40. The molecule has 0 spiro atoms. The molecular weight excluding hydrogens is 670 g/mol. The second kappa shape index (κ2) is 17.0. The predicted molar refractivity (Wildman–Crippen MR) is 190 cm³/mol. The first-order valence-electron chi connectivity index (χ1n) is 16.2. The van der Waals surface area contributed by atoms with Gasteiger partial charge in [-0.05, 0) is 74.4 Å². The van der Waals surface area contributed by atoms with Gasteiger partial charge in [0.15, 0.2) is 0 Å². The number of aliphatic hydroxyl groups is 1. The molecule has 1 aliphatic heterocycles. The number of carbonyl (C=O) groups is 3. The highest BCUT2D eigenvalue weighted by Crippen LogP contribution is 2.31. The number of nitrogens with two attached hydrogens (primary N) is 1. The number of sulfonamides is 1. The van der Waals surface area contributed by atoms with E-state index in [9.17, 15) is 27.9 Å².